The van der Waals surface area contributed by atoms with E-state index in [-0.39, 0.29) is 18.3 Å². The minimum Gasteiger partial charge on any atom is -0.382 e. The Morgan fingerprint density at radius 3 is 2.56 bits per heavy atom. The predicted molar refractivity (Wildman–Crippen MR) is 75.0 cm³/mol. The number of hydrogen-bond acceptors (Lipinski definition) is 3. The number of nitrogens with one attached hydrogen (secondary N) is 1. The van der Waals surface area contributed by atoms with Crippen LogP contribution >= 0.6 is 12.4 Å². The molecule has 3 N–H and O–H groups in total. The second kappa shape index (κ2) is 9.88. The molecule has 0 fully saturated rings. The highest BCUT2D eigenvalue weighted by atomic mass is 35.5. The minimum atomic E-state index is -0.0509. The molecule has 0 unspecified atom stereocenters. The van der Waals surface area contributed by atoms with Gasteiger partial charge in [-0.2, -0.15) is 0 Å². The zero-order valence-electron chi connectivity index (χ0n) is 10.6. The lowest BCUT2D eigenvalue weighted by atomic mass is 10.1. The molecule has 102 valence electrons. The molecular formula is C13H21ClN2O2. The van der Waals surface area contributed by atoms with Gasteiger partial charge in [-0.3, -0.25) is 4.79 Å². The molecular weight excluding hydrogens is 252 g/mol. The zero-order chi connectivity index (χ0) is 12.5. The predicted octanol–water partition coefficient (Wildman–Crippen LogP) is 1.72. The van der Waals surface area contributed by atoms with E-state index in [9.17, 15) is 4.79 Å². The average molecular weight is 273 g/mol. The van der Waals surface area contributed by atoms with Crippen molar-refractivity contribution in [1.29, 1.82) is 0 Å². The Kier molecular flexibility index (Phi) is 9.28. The lowest BCUT2D eigenvalue weighted by Gasteiger charge is -2.06. The molecule has 0 aliphatic heterocycles. The standard InChI is InChI=1S/C13H20N2O2.ClH/c1-2-17-9-3-8-15-13(16)12-6-4-11(10-14)5-7-12;/h4-7H,2-3,8-10,14H2,1H3,(H,15,16);1H. The Hall–Kier alpha value is -1.10. The topological polar surface area (TPSA) is 64.3 Å². The van der Waals surface area contributed by atoms with E-state index in [1.807, 2.05) is 19.1 Å². The molecule has 1 aromatic carbocycles. The summed E-state index contributed by atoms with van der Waals surface area (Å²) in [5.41, 5.74) is 7.18. The number of nitrogens with two attached hydrogens (primary N) is 1. The van der Waals surface area contributed by atoms with E-state index in [0.717, 1.165) is 12.0 Å². The van der Waals surface area contributed by atoms with Crippen molar-refractivity contribution in [1.82, 2.24) is 5.32 Å². The molecule has 4 nitrogen and oxygen atoms in total. The molecule has 0 saturated heterocycles. The molecule has 0 bridgehead atoms. The summed E-state index contributed by atoms with van der Waals surface area (Å²) in [4.78, 5) is 11.7. The summed E-state index contributed by atoms with van der Waals surface area (Å²) in [5.74, 6) is -0.0509. The summed E-state index contributed by atoms with van der Waals surface area (Å²) in [5, 5.41) is 2.85. The highest BCUT2D eigenvalue weighted by molar-refractivity contribution is 5.94. The van der Waals surface area contributed by atoms with E-state index in [1.54, 1.807) is 12.1 Å². The quantitative estimate of drug-likeness (QED) is 0.743. The van der Waals surface area contributed by atoms with Crippen molar-refractivity contribution in [2.45, 2.75) is 19.9 Å². The van der Waals surface area contributed by atoms with Gasteiger partial charge in [0.25, 0.3) is 5.91 Å². The van der Waals surface area contributed by atoms with Crippen molar-refractivity contribution in [3.05, 3.63) is 35.4 Å². The first-order valence-corrected chi connectivity index (χ1v) is 5.93. The van der Waals surface area contributed by atoms with Crippen LogP contribution in [-0.2, 0) is 11.3 Å². The molecule has 0 radical (unpaired) electrons. The van der Waals surface area contributed by atoms with E-state index in [0.29, 0.717) is 31.9 Å². The number of rotatable bonds is 7. The third-order valence-corrected chi connectivity index (χ3v) is 2.41. The van der Waals surface area contributed by atoms with Crippen molar-refractivity contribution in [2.75, 3.05) is 19.8 Å². The average Bonchev–Trinajstić information content (AvgIpc) is 2.38. The largest absolute Gasteiger partial charge is 0.382 e. The van der Waals surface area contributed by atoms with Gasteiger partial charge in [-0.25, -0.2) is 0 Å². The van der Waals surface area contributed by atoms with Crippen molar-refractivity contribution < 1.29 is 9.53 Å². The van der Waals surface area contributed by atoms with Crippen molar-refractivity contribution in [3.63, 3.8) is 0 Å². The van der Waals surface area contributed by atoms with Gasteiger partial charge in [0, 0.05) is 31.9 Å². The van der Waals surface area contributed by atoms with Crippen LogP contribution in [0.1, 0.15) is 29.3 Å². The lowest BCUT2D eigenvalue weighted by Crippen LogP contribution is -2.25. The molecule has 5 heteroatoms. The summed E-state index contributed by atoms with van der Waals surface area (Å²) in [6, 6.07) is 7.32. The fourth-order valence-electron chi connectivity index (χ4n) is 1.41. The van der Waals surface area contributed by atoms with Gasteiger partial charge in [0.05, 0.1) is 0 Å². The number of carbonyl (C=O) groups excluding carboxylic acids is 1. The maximum Gasteiger partial charge on any atom is 0.251 e. The Balaban J connectivity index is 0.00000289. The van der Waals surface area contributed by atoms with E-state index < -0.39 is 0 Å². The molecule has 0 spiro atoms. The van der Waals surface area contributed by atoms with Crippen LogP contribution in [0.4, 0.5) is 0 Å². The minimum absolute atomic E-state index is 0. The van der Waals surface area contributed by atoms with Gasteiger partial charge in [-0.1, -0.05) is 12.1 Å². The van der Waals surface area contributed by atoms with Crippen LogP contribution in [0.2, 0.25) is 0 Å². The normalized spacial score (nSPS) is 9.67. The second-order valence-corrected chi connectivity index (χ2v) is 3.71. The number of hydrogen-bond donors (Lipinski definition) is 2. The van der Waals surface area contributed by atoms with Gasteiger partial charge in [0.15, 0.2) is 0 Å². The molecule has 0 saturated carbocycles. The third kappa shape index (κ3) is 6.00. The van der Waals surface area contributed by atoms with E-state index >= 15 is 0 Å². The molecule has 0 atom stereocenters. The maximum atomic E-state index is 11.7. The Labute approximate surface area is 114 Å². The van der Waals surface area contributed by atoms with Crippen molar-refractivity contribution in [2.24, 2.45) is 5.73 Å². The van der Waals surface area contributed by atoms with Crippen LogP contribution in [0.5, 0.6) is 0 Å². The van der Waals surface area contributed by atoms with Crippen LogP contribution in [0.3, 0.4) is 0 Å². The number of benzene rings is 1. The fourth-order valence-corrected chi connectivity index (χ4v) is 1.41. The molecule has 1 rings (SSSR count). The van der Waals surface area contributed by atoms with Crippen LogP contribution in [0.25, 0.3) is 0 Å². The SMILES string of the molecule is CCOCCCNC(=O)c1ccc(CN)cc1.Cl. The smallest absolute Gasteiger partial charge is 0.251 e. The monoisotopic (exact) mass is 272 g/mol. The third-order valence-electron chi connectivity index (χ3n) is 2.41. The summed E-state index contributed by atoms with van der Waals surface area (Å²) in [6.45, 7) is 4.49. The highest BCUT2D eigenvalue weighted by Crippen LogP contribution is 2.03. The molecule has 1 aromatic rings. The molecule has 0 aliphatic carbocycles. The Bertz CT molecular complexity index is 341. The first kappa shape index (κ1) is 16.9. The van der Waals surface area contributed by atoms with Gasteiger partial charge < -0.3 is 15.8 Å². The number of amides is 1. The van der Waals surface area contributed by atoms with Gasteiger partial charge in [-0.15, -0.1) is 12.4 Å². The van der Waals surface area contributed by atoms with Crippen molar-refractivity contribution in [3.8, 4) is 0 Å². The van der Waals surface area contributed by atoms with E-state index in [1.165, 1.54) is 0 Å². The number of halogens is 1. The second-order valence-electron chi connectivity index (χ2n) is 3.71. The van der Waals surface area contributed by atoms with Gasteiger partial charge in [-0.05, 0) is 31.0 Å². The zero-order valence-corrected chi connectivity index (χ0v) is 11.5. The highest BCUT2D eigenvalue weighted by Gasteiger charge is 2.03. The summed E-state index contributed by atoms with van der Waals surface area (Å²) in [7, 11) is 0. The van der Waals surface area contributed by atoms with Crippen LogP contribution in [-0.4, -0.2) is 25.7 Å². The van der Waals surface area contributed by atoms with Crippen LogP contribution in [0, 0.1) is 0 Å². The first-order chi connectivity index (χ1) is 8.27. The molecule has 18 heavy (non-hydrogen) atoms. The lowest BCUT2D eigenvalue weighted by molar-refractivity contribution is 0.0944. The van der Waals surface area contributed by atoms with E-state index in [2.05, 4.69) is 5.32 Å². The van der Waals surface area contributed by atoms with Crippen LogP contribution < -0.4 is 11.1 Å². The first-order valence-electron chi connectivity index (χ1n) is 5.93. The van der Waals surface area contributed by atoms with Crippen LogP contribution in [0.15, 0.2) is 24.3 Å². The maximum absolute atomic E-state index is 11.7. The summed E-state index contributed by atoms with van der Waals surface area (Å²) >= 11 is 0. The Morgan fingerprint density at radius 1 is 1.33 bits per heavy atom. The van der Waals surface area contributed by atoms with Gasteiger partial charge in [0.2, 0.25) is 0 Å². The van der Waals surface area contributed by atoms with Gasteiger partial charge >= 0.3 is 0 Å². The summed E-state index contributed by atoms with van der Waals surface area (Å²) < 4.78 is 5.19. The van der Waals surface area contributed by atoms with Crippen molar-refractivity contribution >= 4 is 18.3 Å². The van der Waals surface area contributed by atoms with Gasteiger partial charge in [0.1, 0.15) is 0 Å². The Morgan fingerprint density at radius 2 is 2.00 bits per heavy atom. The van der Waals surface area contributed by atoms with E-state index in [4.69, 9.17) is 10.5 Å². The molecule has 0 heterocycles. The number of carbonyl (C=O) groups is 1. The summed E-state index contributed by atoms with van der Waals surface area (Å²) in [6.07, 6.45) is 0.834. The molecule has 0 aromatic heterocycles. The number of ether oxygens (including phenoxy) is 1. The fraction of sp³-hybridized carbons (Fsp3) is 0.462. The molecule has 1 amide bonds. The molecule has 0 aliphatic rings.